The van der Waals surface area contributed by atoms with Gasteiger partial charge in [-0.15, -0.1) is 0 Å². The normalized spacial score (nSPS) is 12.0. The first-order chi connectivity index (χ1) is 60.8. The van der Waals surface area contributed by atoms with Gasteiger partial charge in [-0.05, 0) is 181 Å². The lowest BCUT2D eigenvalue weighted by Crippen LogP contribution is -2.02. The van der Waals surface area contributed by atoms with Crippen LogP contribution in [-0.2, 0) is 0 Å². The minimum Gasteiger partial charge on any atom is -0.422 e. The third-order valence-corrected chi connectivity index (χ3v) is 25.0. The highest BCUT2D eigenvalue weighted by Crippen LogP contribution is 2.45. The summed E-state index contributed by atoms with van der Waals surface area (Å²) in [7, 11) is 0. The summed E-state index contributed by atoms with van der Waals surface area (Å²) in [6.07, 6.45) is 0. The quantitative estimate of drug-likeness (QED) is 0.121. The van der Waals surface area contributed by atoms with Crippen molar-refractivity contribution in [3.8, 4) is 34.1 Å². The van der Waals surface area contributed by atoms with Gasteiger partial charge in [0.25, 0.3) is 0 Å². The van der Waals surface area contributed by atoms with Gasteiger partial charge in [0.1, 0.15) is 16.7 Å². The molecule has 0 spiro atoms. The van der Waals surface area contributed by atoms with Crippen LogP contribution in [0.2, 0.25) is 0 Å². The standard InChI is InChI=1S/3C37H22N2O2/c40-37-31-20-24(18-19-25(31)28-14-6-9-17-36(28)41-37)39-33-16-8-5-13-27(33)30-21-29-26-12-4-7-15-32(26)38(34(29)22-35(30)39)23-10-2-1-3-11-23;40-37-29-15-5-4-12-25(29)28-19-18-24(20-36(28)41-37)39-33-17-9-7-14-27(33)31-21-30-26-13-6-8-16-32(26)38(34(30)22-35(31)39)23-10-2-1-3-11-23;40-37-28-15-5-4-12-25(28)31-20-24(18-19-36(31)41-37)39-33-17-9-7-14-27(33)30-21-29-26-13-6-8-16-32(26)38(34(29)22-35(30)39)23-10-2-1-3-11-23/h3*1-22H. The molecule has 9 aromatic heterocycles. The summed E-state index contributed by atoms with van der Waals surface area (Å²) in [5, 5.41) is 21.7. The van der Waals surface area contributed by atoms with E-state index in [9.17, 15) is 14.4 Å². The number of rotatable bonds is 6. The van der Waals surface area contributed by atoms with Gasteiger partial charge in [0.2, 0.25) is 0 Å². The van der Waals surface area contributed by atoms with Crippen molar-refractivity contribution in [2.45, 2.75) is 0 Å². The van der Waals surface area contributed by atoms with E-state index in [0.29, 0.717) is 32.9 Å². The number of nitrogens with zero attached hydrogens (tertiary/aromatic N) is 6. The first-order valence-electron chi connectivity index (χ1n) is 41.2. The number of hydrogen-bond donors (Lipinski definition) is 0. The Labute approximate surface area is 698 Å². The number of para-hydroxylation sites is 10. The molecule has 12 nitrogen and oxygen atoms in total. The molecular formula is C111H66N6O6. The van der Waals surface area contributed by atoms with Crippen molar-refractivity contribution < 1.29 is 13.3 Å². The Kier molecular flexibility index (Phi) is 15.3. The first-order valence-corrected chi connectivity index (χ1v) is 41.2. The van der Waals surface area contributed by atoms with E-state index in [0.717, 1.165) is 116 Å². The summed E-state index contributed by atoms with van der Waals surface area (Å²) >= 11 is 0. The summed E-state index contributed by atoms with van der Waals surface area (Å²) in [5.74, 6) is 0. The van der Waals surface area contributed by atoms with Crippen molar-refractivity contribution in [2.75, 3.05) is 0 Å². The molecule has 0 aliphatic carbocycles. The molecule has 0 atom stereocenters. The van der Waals surface area contributed by atoms with E-state index in [1.54, 1.807) is 0 Å². The van der Waals surface area contributed by atoms with Crippen LogP contribution in [0.3, 0.4) is 0 Å². The molecule has 0 fully saturated rings. The van der Waals surface area contributed by atoms with Crippen molar-refractivity contribution >= 4 is 196 Å². The van der Waals surface area contributed by atoms with E-state index in [2.05, 4.69) is 319 Å². The zero-order valence-electron chi connectivity index (χ0n) is 65.7. The Morgan fingerprint density at radius 3 is 0.740 bits per heavy atom. The van der Waals surface area contributed by atoms with Crippen LogP contribution in [0, 0.1) is 0 Å². The number of hydrogen-bond acceptors (Lipinski definition) is 6. The van der Waals surface area contributed by atoms with Gasteiger partial charge in [0, 0.05) is 126 Å². The molecule has 0 aliphatic heterocycles. The lowest BCUT2D eigenvalue weighted by Gasteiger charge is -2.11. The Balaban J connectivity index is 0.000000101. The van der Waals surface area contributed by atoms with E-state index in [4.69, 9.17) is 13.3 Å². The number of fused-ring (bicyclic) bond motifs is 27. The molecular weight excluding hydrogens is 1510 g/mol. The molecule has 0 aliphatic rings. The Morgan fingerprint density at radius 2 is 0.366 bits per heavy atom. The van der Waals surface area contributed by atoms with Crippen LogP contribution in [0.5, 0.6) is 0 Å². The van der Waals surface area contributed by atoms with Gasteiger partial charge in [-0.25, -0.2) is 14.4 Å². The second-order valence-electron chi connectivity index (χ2n) is 31.6. The zero-order valence-corrected chi connectivity index (χ0v) is 65.7. The largest absolute Gasteiger partial charge is 0.422 e. The molecule has 0 radical (unpaired) electrons. The van der Waals surface area contributed by atoms with Gasteiger partial charge in [-0.1, -0.05) is 224 Å². The molecule has 12 heteroatoms. The second-order valence-corrected chi connectivity index (χ2v) is 31.6. The molecule has 0 bridgehead atoms. The van der Waals surface area contributed by atoms with Crippen LogP contribution >= 0.6 is 0 Å². The molecule has 0 saturated carbocycles. The van der Waals surface area contributed by atoms with Gasteiger partial charge in [0.15, 0.2) is 0 Å². The van der Waals surface area contributed by atoms with Crippen molar-refractivity contribution in [1.82, 2.24) is 27.4 Å². The number of aromatic nitrogens is 6. The van der Waals surface area contributed by atoms with Crippen LogP contribution in [0.25, 0.3) is 230 Å². The Hall–Kier alpha value is -16.8. The van der Waals surface area contributed by atoms with E-state index < -0.39 is 0 Å². The first kappa shape index (κ1) is 69.3. The molecule has 0 N–H and O–H groups in total. The van der Waals surface area contributed by atoms with E-state index in [-0.39, 0.29) is 16.9 Å². The molecule has 0 saturated heterocycles. The highest BCUT2D eigenvalue weighted by molar-refractivity contribution is 6.23. The molecule has 9 heterocycles. The van der Waals surface area contributed by atoms with Gasteiger partial charge in [-0.2, -0.15) is 0 Å². The smallest absolute Gasteiger partial charge is 0.344 e. The monoisotopic (exact) mass is 1580 g/mol. The summed E-state index contributed by atoms with van der Waals surface area (Å²) in [4.78, 5) is 38.6. The van der Waals surface area contributed by atoms with Crippen LogP contribution in [0.15, 0.2) is 428 Å². The van der Waals surface area contributed by atoms with Crippen LogP contribution in [0.1, 0.15) is 0 Å². The van der Waals surface area contributed by atoms with Crippen molar-refractivity contribution in [1.29, 1.82) is 0 Å². The fourth-order valence-corrected chi connectivity index (χ4v) is 19.7. The van der Waals surface area contributed by atoms with Crippen molar-refractivity contribution in [2.24, 2.45) is 0 Å². The lowest BCUT2D eigenvalue weighted by atomic mass is 10.1. The molecule has 576 valence electrons. The third-order valence-electron chi connectivity index (χ3n) is 25.0. The molecule has 27 rings (SSSR count). The lowest BCUT2D eigenvalue weighted by molar-refractivity contribution is 0.569. The van der Waals surface area contributed by atoms with Gasteiger partial charge >= 0.3 is 16.9 Å². The average molecular weight is 1580 g/mol. The average Bonchev–Trinajstić information content (AvgIpc) is 1.57. The molecule has 27 aromatic rings. The zero-order chi connectivity index (χ0) is 81.2. The fraction of sp³-hybridized carbons (Fsp3) is 0. The highest BCUT2D eigenvalue weighted by atomic mass is 16.4. The van der Waals surface area contributed by atoms with Gasteiger partial charge in [0.05, 0.1) is 82.4 Å². The highest BCUT2D eigenvalue weighted by Gasteiger charge is 2.25. The van der Waals surface area contributed by atoms with E-state index in [1.807, 2.05) is 109 Å². The summed E-state index contributed by atoms with van der Waals surface area (Å²) in [6.45, 7) is 0. The van der Waals surface area contributed by atoms with Crippen LogP contribution < -0.4 is 16.9 Å². The minimum absolute atomic E-state index is 0.311. The van der Waals surface area contributed by atoms with Crippen LogP contribution in [-0.4, -0.2) is 27.4 Å². The molecule has 123 heavy (non-hydrogen) atoms. The Bertz CT molecular complexity index is 9360. The topological polar surface area (TPSA) is 120 Å². The molecule has 18 aromatic carbocycles. The second kappa shape index (κ2) is 27.1. The summed E-state index contributed by atoms with van der Waals surface area (Å²) < 4.78 is 31.2. The SMILES string of the molecule is O=c1oc2cc(-n3c4ccccc4c4cc5c6ccccc6n(-c6ccccc6)c5cc43)ccc2c2ccccc12.O=c1oc2ccc(-n3c4ccccc4c4cc5c6ccccc6n(-c6ccccc6)c5cc43)cc2c2ccccc12.O=c1oc2ccccc2c2ccc(-n3c4ccccc4c4cc5c6ccccc6n(-c6ccccc6)c5cc43)cc12. The predicted octanol–water partition coefficient (Wildman–Crippen LogP) is 27.4. The minimum atomic E-state index is -0.326. The van der Waals surface area contributed by atoms with Gasteiger partial charge < -0.3 is 40.7 Å². The van der Waals surface area contributed by atoms with E-state index in [1.165, 1.54) is 81.2 Å². The summed E-state index contributed by atoms with van der Waals surface area (Å²) in [5.41, 5.74) is 20.7. The maximum Gasteiger partial charge on any atom is 0.344 e. The van der Waals surface area contributed by atoms with E-state index >= 15 is 0 Å². The molecule has 0 amide bonds. The fourth-order valence-electron chi connectivity index (χ4n) is 19.7. The third kappa shape index (κ3) is 10.6. The van der Waals surface area contributed by atoms with Crippen molar-refractivity contribution in [3.05, 3.63) is 432 Å². The maximum atomic E-state index is 13.1. The van der Waals surface area contributed by atoms with Crippen molar-refractivity contribution in [3.63, 3.8) is 0 Å². The molecule has 0 unspecified atom stereocenters. The van der Waals surface area contributed by atoms with Gasteiger partial charge in [-0.3, -0.25) is 0 Å². The number of benzene rings is 18. The Morgan fingerprint density at radius 1 is 0.130 bits per heavy atom. The van der Waals surface area contributed by atoms with Crippen LogP contribution in [0.4, 0.5) is 0 Å². The predicted molar refractivity (Wildman–Crippen MR) is 506 cm³/mol. The maximum absolute atomic E-state index is 13.1. The summed E-state index contributed by atoms with van der Waals surface area (Å²) in [6, 6.07) is 138.